The molecule has 8 aromatic rings. The van der Waals surface area contributed by atoms with Gasteiger partial charge in [0.25, 0.3) is 6.71 Å². The van der Waals surface area contributed by atoms with Crippen molar-refractivity contribution in [3.8, 4) is 11.1 Å². The summed E-state index contributed by atoms with van der Waals surface area (Å²) in [5, 5.41) is 0. The van der Waals surface area contributed by atoms with Gasteiger partial charge in [-0.1, -0.05) is 210 Å². The zero-order valence-electron chi connectivity index (χ0n) is 53.9. The minimum Gasteiger partial charge on any atom is -0.311 e. The van der Waals surface area contributed by atoms with Crippen LogP contribution in [0.15, 0.2) is 146 Å². The minimum absolute atomic E-state index is 0.000610. The Morgan fingerprint density at radius 1 is 0.386 bits per heavy atom. The Morgan fingerprint density at radius 2 is 0.855 bits per heavy atom. The third kappa shape index (κ3) is 8.47. The summed E-state index contributed by atoms with van der Waals surface area (Å²) in [5.41, 5.74) is 31.6. The average Bonchev–Trinajstić information content (AvgIpc) is 1.62. The standard InChI is InChI=1S/C79H90BN3/c1-48-40-58-60(76(13,14)39-38-75(58,11)12)45-65(48)83-67-46-61-59(77(15,16)47-78(61,17)18)44-63(67)80-62-37-36-54(81(52-32-28-49(29-33-52)72(2,3)4)53-34-30-50(31-35-53)73(5,6)7)43-66(62)82(68-41-51(74(8,9)10)42-69(83)71(68)80)64-27-23-25-56-55-24-21-22-26-57(55)79(19,20)70(56)64/h21-37,40-46H,38-39,47H2,1-20H3. The lowest BCUT2D eigenvalue weighted by Crippen LogP contribution is -2.62. The number of benzene rings is 8. The second-order valence-electron chi connectivity index (χ2n) is 32.2. The molecule has 0 unspecified atom stereocenters. The van der Waals surface area contributed by atoms with Gasteiger partial charge in [-0.25, -0.2) is 0 Å². The first-order valence-electron chi connectivity index (χ1n) is 31.2. The largest absolute Gasteiger partial charge is 0.311 e. The van der Waals surface area contributed by atoms with Crippen molar-refractivity contribution in [2.24, 2.45) is 0 Å². The predicted octanol–water partition coefficient (Wildman–Crippen LogP) is 20.1. The molecule has 0 saturated heterocycles. The van der Waals surface area contributed by atoms with E-state index in [1.54, 1.807) is 0 Å². The van der Waals surface area contributed by atoms with Gasteiger partial charge < -0.3 is 14.7 Å². The highest BCUT2D eigenvalue weighted by Crippen LogP contribution is 2.58. The Balaban J connectivity index is 1.16. The minimum atomic E-state index is -0.271. The molecular weight excluding hydrogens is 1000 g/mol. The van der Waals surface area contributed by atoms with Gasteiger partial charge in [-0.05, 0) is 214 Å². The van der Waals surface area contributed by atoms with Crippen LogP contribution < -0.4 is 31.1 Å². The fraction of sp³-hybridized carbons (Fsp3) is 0.392. The molecular formula is C79H90BN3. The van der Waals surface area contributed by atoms with E-state index in [0.717, 1.165) is 29.9 Å². The van der Waals surface area contributed by atoms with Crippen molar-refractivity contribution in [1.82, 2.24) is 0 Å². The summed E-state index contributed by atoms with van der Waals surface area (Å²) in [7, 11) is 0. The number of anilines is 9. The van der Waals surface area contributed by atoms with Gasteiger partial charge in [0.1, 0.15) is 0 Å². The van der Waals surface area contributed by atoms with Crippen molar-refractivity contribution in [1.29, 1.82) is 0 Å². The Kier molecular flexibility index (Phi) is 11.9. The summed E-state index contributed by atoms with van der Waals surface area (Å²) in [4.78, 5) is 8.02. The predicted molar refractivity (Wildman–Crippen MR) is 360 cm³/mol. The van der Waals surface area contributed by atoms with Gasteiger partial charge in [0.05, 0.1) is 5.69 Å². The molecule has 0 radical (unpaired) electrons. The van der Waals surface area contributed by atoms with Crippen LogP contribution in [0.4, 0.5) is 51.2 Å². The first kappa shape index (κ1) is 55.4. The third-order valence-corrected chi connectivity index (χ3v) is 20.9. The number of fused-ring (bicyclic) bond motifs is 9. The number of aryl methyl sites for hydroxylation is 1. The van der Waals surface area contributed by atoms with E-state index < -0.39 is 0 Å². The van der Waals surface area contributed by atoms with Gasteiger partial charge in [0, 0.05) is 50.9 Å². The van der Waals surface area contributed by atoms with Crippen LogP contribution in [0.25, 0.3) is 11.1 Å². The fourth-order valence-corrected chi connectivity index (χ4v) is 16.2. The highest BCUT2D eigenvalue weighted by Gasteiger charge is 2.50. The molecule has 3 aliphatic carbocycles. The van der Waals surface area contributed by atoms with Crippen molar-refractivity contribution >= 4 is 74.3 Å². The molecule has 0 aromatic heterocycles. The van der Waals surface area contributed by atoms with Crippen LogP contribution in [-0.2, 0) is 43.3 Å². The highest BCUT2D eigenvalue weighted by atomic mass is 15.2. The lowest BCUT2D eigenvalue weighted by Gasteiger charge is -2.47. The third-order valence-electron chi connectivity index (χ3n) is 20.9. The molecule has 4 heteroatoms. The van der Waals surface area contributed by atoms with E-state index >= 15 is 0 Å². The molecule has 0 fully saturated rings. The average molecular weight is 1090 g/mol. The first-order chi connectivity index (χ1) is 38.7. The summed E-state index contributed by atoms with van der Waals surface area (Å²) in [5.74, 6) is 0. The number of nitrogens with zero attached hydrogens (tertiary/aromatic N) is 3. The van der Waals surface area contributed by atoms with Crippen molar-refractivity contribution < 1.29 is 0 Å². The molecule has 8 aromatic carbocycles. The number of hydrogen-bond acceptors (Lipinski definition) is 3. The number of rotatable bonds is 5. The van der Waals surface area contributed by atoms with E-state index in [2.05, 4.69) is 299 Å². The van der Waals surface area contributed by atoms with E-state index in [-0.39, 0.29) is 50.0 Å². The van der Waals surface area contributed by atoms with Gasteiger partial charge in [0.2, 0.25) is 0 Å². The maximum absolute atomic E-state index is 2.77. The monoisotopic (exact) mass is 1090 g/mol. The van der Waals surface area contributed by atoms with Crippen LogP contribution in [0.5, 0.6) is 0 Å². The second kappa shape index (κ2) is 17.9. The molecule has 3 nitrogen and oxygen atoms in total. The smallest absolute Gasteiger partial charge is 0.252 e. The maximum Gasteiger partial charge on any atom is 0.252 e. The Bertz CT molecular complexity index is 3930. The summed E-state index contributed by atoms with van der Waals surface area (Å²) in [6.45, 7) is 48.3. The summed E-state index contributed by atoms with van der Waals surface area (Å²) >= 11 is 0. The van der Waals surface area contributed by atoms with E-state index in [1.807, 2.05) is 0 Å². The van der Waals surface area contributed by atoms with E-state index in [4.69, 9.17) is 0 Å². The first-order valence-corrected chi connectivity index (χ1v) is 31.2. The van der Waals surface area contributed by atoms with Gasteiger partial charge in [-0.3, -0.25) is 0 Å². The topological polar surface area (TPSA) is 9.72 Å². The van der Waals surface area contributed by atoms with Gasteiger partial charge >= 0.3 is 0 Å². The molecule has 83 heavy (non-hydrogen) atoms. The Hall–Kier alpha value is -6.78. The van der Waals surface area contributed by atoms with Gasteiger partial charge in [-0.2, -0.15) is 0 Å². The zero-order valence-corrected chi connectivity index (χ0v) is 53.9. The summed E-state index contributed by atoms with van der Waals surface area (Å²) in [6, 6.07) is 58.4. The normalized spacial score (nSPS) is 18.1. The molecule has 5 aliphatic rings. The van der Waals surface area contributed by atoms with Crippen LogP contribution in [0.2, 0.25) is 0 Å². The van der Waals surface area contributed by atoms with Crippen molar-refractivity contribution in [2.75, 3.05) is 14.7 Å². The molecule has 0 saturated carbocycles. The van der Waals surface area contributed by atoms with E-state index in [9.17, 15) is 0 Å². The zero-order chi connectivity index (χ0) is 59.3. The lowest BCUT2D eigenvalue weighted by atomic mass is 9.33. The number of hydrogen-bond donors (Lipinski definition) is 0. The van der Waals surface area contributed by atoms with Crippen molar-refractivity contribution in [3.05, 3.63) is 201 Å². The molecule has 0 N–H and O–H groups in total. The van der Waals surface area contributed by atoms with Gasteiger partial charge in [-0.15, -0.1) is 0 Å². The second-order valence-corrected chi connectivity index (χ2v) is 32.2. The summed E-state index contributed by atoms with van der Waals surface area (Å²) < 4.78 is 0. The Morgan fingerprint density at radius 3 is 1.42 bits per heavy atom. The molecule has 0 atom stereocenters. The van der Waals surface area contributed by atoms with E-state index in [1.165, 1.54) is 124 Å². The van der Waals surface area contributed by atoms with Gasteiger partial charge in [0.15, 0.2) is 0 Å². The fourth-order valence-electron chi connectivity index (χ4n) is 16.2. The van der Waals surface area contributed by atoms with Crippen molar-refractivity contribution in [3.63, 3.8) is 0 Å². The lowest BCUT2D eigenvalue weighted by molar-refractivity contribution is 0.332. The van der Waals surface area contributed by atoms with Crippen molar-refractivity contribution in [2.45, 2.75) is 201 Å². The SMILES string of the molecule is Cc1cc2c(cc1N1c3cc4c(cc3B3c5ccc(N(c6ccc(C(C)(C)C)cc6)c6ccc(C(C)(C)C)cc6)cc5N(c5cccc6c5C(C)(C)c5ccccc5-6)c5cc(C(C)(C)C)cc1c53)C(C)(C)CC4(C)C)C(C)(C)CCC2(C)C. The van der Waals surface area contributed by atoms with Crippen LogP contribution in [0, 0.1) is 6.92 Å². The van der Waals surface area contributed by atoms with Crippen LogP contribution >= 0.6 is 0 Å². The molecule has 2 aliphatic heterocycles. The van der Waals surface area contributed by atoms with Crippen LogP contribution in [0.1, 0.15) is 206 Å². The Labute approximate surface area is 499 Å². The summed E-state index contributed by atoms with van der Waals surface area (Å²) in [6.07, 6.45) is 3.45. The highest BCUT2D eigenvalue weighted by molar-refractivity contribution is 7.00. The molecule has 424 valence electrons. The molecule has 2 heterocycles. The molecule has 0 bridgehead atoms. The molecule has 13 rings (SSSR count). The maximum atomic E-state index is 2.77. The molecule has 0 amide bonds. The quantitative estimate of drug-likeness (QED) is 0.159. The van der Waals surface area contributed by atoms with E-state index in [0.29, 0.717) is 0 Å². The van der Waals surface area contributed by atoms with Crippen LogP contribution in [-0.4, -0.2) is 6.71 Å². The molecule has 0 spiro atoms. The van der Waals surface area contributed by atoms with Crippen LogP contribution in [0.3, 0.4) is 0 Å².